The van der Waals surface area contributed by atoms with Crippen LogP contribution in [-0.2, 0) is 4.79 Å². The highest BCUT2D eigenvalue weighted by Crippen LogP contribution is 2.20. The smallest absolute Gasteiger partial charge is 0.222 e. The van der Waals surface area contributed by atoms with Gasteiger partial charge in [0.05, 0.1) is 18.3 Å². The minimum absolute atomic E-state index is 0.182. The Morgan fingerprint density at radius 2 is 1.83 bits per heavy atom. The molecule has 2 heterocycles. The quantitative estimate of drug-likeness (QED) is 0.479. The molecule has 0 atom stereocenters. The zero-order valence-electron chi connectivity index (χ0n) is 17.0. The first-order valence-electron chi connectivity index (χ1n) is 10.2. The van der Waals surface area contributed by atoms with Crippen LogP contribution in [0, 0.1) is 0 Å². The number of nitrogens with zero attached hydrogens (tertiary/aromatic N) is 4. The van der Waals surface area contributed by atoms with Gasteiger partial charge in [-0.2, -0.15) is 5.10 Å². The maximum Gasteiger partial charge on any atom is 0.222 e. The Labute approximate surface area is 175 Å². The molecule has 0 aliphatic carbocycles. The number of carbonyl (C=O) groups is 1. The standard InChI is InChI=1S/C23H25N5O2/c1-30-18-10-8-17(9-11-18)20(12-13-22(29)28-14-4-5-15-28)26-27-23-19-6-2-3-7-21(19)24-16-25-23/h2-3,6-11,16H,4-5,12-15H2,1H3,(H,24,25,27)/b26-20-. The molecule has 2 aromatic carbocycles. The number of hydrogen-bond donors (Lipinski definition) is 1. The number of ether oxygens (including phenoxy) is 1. The highest BCUT2D eigenvalue weighted by atomic mass is 16.5. The third-order valence-electron chi connectivity index (χ3n) is 5.30. The van der Waals surface area contributed by atoms with E-state index in [0.29, 0.717) is 18.7 Å². The number of likely N-dealkylation sites (tertiary alicyclic amines) is 1. The summed E-state index contributed by atoms with van der Waals surface area (Å²) in [5.41, 5.74) is 5.68. The van der Waals surface area contributed by atoms with Crippen molar-refractivity contribution in [1.82, 2.24) is 14.9 Å². The number of amides is 1. The summed E-state index contributed by atoms with van der Waals surface area (Å²) >= 11 is 0. The molecule has 154 valence electrons. The third-order valence-corrected chi connectivity index (χ3v) is 5.30. The molecule has 1 N–H and O–H groups in total. The molecule has 3 aromatic rings. The fourth-order valence-electron chi connectivity index (χ4n) is 3.61. The molecule has 0 unspecified atom stereocenters. The molecule has 0 spiro atoms. The lowest BCUT2D eigenvalue weighted by atomic mass is 10.1. The largest absolute Gasteiger partial charge is 0.497 e. The van der Waals surface area contributed by atoms with Crippen molar-refractivity contribution in [2.75, 3.05) is 25.6 Å². The number of rotatable bonds is 7. The van der Waals surface area contributed by atoms with Gasteiger partial charge >= 0.3 is 0 Å². The Morgan fingerprint density at radius 3 is 2.60 bits per heavy atom. The van der Waals surface area contributed by atoms with Crippen LogP contribution in [0.15, 0.2) is 60.0 Å². The molecule has 0 bridgehead atoms. The average Bonchev–Trinajstić information content (AvgIpc) is 3.34. The van der Waals surface area contributed by atoms with Crippen LogP contribution in [0.2, 0.25) is 0 Å². The molecular formula is C23H25N5O2. The van der Waals surface area contributed by atoms with Crippen molar-refractivity contribution in [2.45, 2.75) is 25.7 Å². The topological polar surface area (TPSA) is 79.7 Å². The molecule has 1 fully saturated rings. The zero-order valence-corrected chi connectivity index (χ0v) is 17.0. The number of aromatic nitrogens is 2. The van der Waals surface area contributed by atoms with Crippen LogP contribution in [0.1, 0.15) is 31.2 Å². The second kappa shape index (κ2) is 9.35. The maximum absolute atomic E-state index is 12.5. The van der Waals surface area contributed by atoms with Crippen LogP contribution in [0.3, 0.4) is 0 Å². The Morgan fingerprint density at radius 1 is 1.07 bits per heavy atom. The van der Waals surface area contributed by atoms with Gasteiger partial charge in [0, 0.05) is 31.3 Å². The molecule has 1 aliphatic rings. The summed E-state index contributed by atoms with van der Waals surface area (Å²) in [6.07, 6.45) is 4.67. The second-order valence-electron chi connectivity index (χ2n) is 7.23. The van der Waals surface area contributed by atoms with E-state index in [0.717, 1.165) is 53.9 Å². The molecular weight excluding hydrogens is 378 g/mol. The van der Waals surface area contributed by atoms with E-state index < -0.39 is 0 Å². The predicted octanol–water partition coefficient (Wildman–Crippen LogP) is 3.86. The Kier molecular flexibility index (Phi) is 6.17. The molecule has 1 aliphatic heterocycles. The van der Waals surface area contributed by atoms with Crippen LogP contribution in [0.25, 0.3) is 10.9 Å². The predicted molar refractivity (Wildman–Crippen MR) is 118 cm³/mol. The number of carbonyl (C=O) groups excluding carboxylic acids is 1. The highest BCUT2D eigenvalue weighted by molar-refractivity contribution is 6.03. The van der Waals surface area contributed by atoms with Gasteiger partial charge in [-0.05, 0) is 54.8 Å². The van der Waals surface area contributed by atoms with Crippen molar-refractivity contribution in [3.05, 3.63) is 60.4 Å². The highest BCUT2D eigenvalue weighted by Gasteiger charge is 2.18. The Bertz CT molecular complexity index is 1040. The van der Waals surface area contributed by atoms with Gasteiger partial charge in [-0.3, -0.25) is 10.2 Å². The molecule has 0 saturated carbocycles. The number of nitrogens with one attached hydrogen (secondary N) is 1. The van der Waals surface area contributed by atoms with Crippen LogP contribution in [0.4, 0.5) is 5.82 Å². The van der Waals surface area contributed by atoms with Gasteiger partial charge in [-0.1, -0.05) is 12.1 Å². The van der Waals surface area contributed by atoms with Gasteiger partial charge in [0.1, 0.15) is 12.1 Å². The zero-order chi connectivity index (χ0) is 20.8. The van der Waals surface area contributed by atoms with E-state index >= 15 is 0 Å². The van der Waals surface area contributed by atoms with Crippen molar-refractivity contribution in [3.8, 4) is 5.75 Å². The summed E-state index contributed by atoms with van der Waals surface area (Å²) in [4.78, 5) is 23.1. The number of anilines is 1. The number of benzene rings is 2. The third kappa shape index (κ3) is 4.56. The van der Waals surface area contributed by atoms with E-state index in [2.05, 4.69) is 20.5 Å². The van der Waals surface area contributed by atoms with Crippen molar-refractivity contribution in [3.63, 3.8) is 0 Å². The molecule has 1 saturated heterocycles. The van der Waals surface area contributed by atoms with Crippen LogP contribution in [0.5, 0.6) is 5.75 Å². The number of hydrogen-bond acceptors (Lipinski definition) is 6. The van der Waals surface area contributed by atoms with Gasteiger partial charge in [0.2, 0.25) is 5.91 Å². The maximum atomic E-state index is 12.5. The number of hydrazone groups is 1. The average molecular weight is 403 g/mol. The lowest BCUT2D eigenvalue weighted by Gasteiger charge is -2.16. The second-order valence-corrected chi connectivity index (χ2v) is 7.23. The van der Waals surface area contributed by atoms with Crippen molar-refractivity contribution in [2.24, 2.45) is 5.10 Å². The molecule has 4 rings (SSSR count). The van der Waals surface area contributed by atoms with Gasteiger partial charge < -0.3 is 9.64 Å². The summed E-state index contributed by atoms with van der Waals surface area (Å²) < 4.78 is 5.26. The fraction of sp³-hybridized carbons (Fsp3) is 0.304. The first-order chi connectivity index (χ1) is 14.7. The van der Waals surface area contributed by atoms with Gasteiger partial charge in [-0.25, -0.2) is 9.97 Å². The molecule has 30 heavy (non-hydrogen) atoms. The molecule has 7 heteroatoms. The lowest BCUT2D eigenvalue weighted by Crippen LogP contribution is -2.28. The van der Waals surface area contributed by atoms with Gasteiger partial charge in [0.15, 0.2) is 5.82 Å². The van der Waals surface area contributed by atoms with E-state index in [1.165, 1.54) is 6.33 Å². The Hall–Kier alpha value is -3.48. The van der Waals surface area contributed by atoms with Crippen molar-refractivity contribution < 1.29 is 9.53 Å². The number of methoxy groups -OCH3 is 1. The summed E-state index contributed by atoms with van der Waals surface area (Å²) in [5, 5.41) is 5.53. The first kappa shape index (κ1) is 19.8. The van der Waals surface area contributed by atoms with E-state index in [9.17, 15) is 4.79 Å². The first-order valence-corrected chi connectivity index (χ1v) is 10.2. The minimum Gasteiger partial charge on any atom is -0.497 e. The minimum atomic E-state index is 0.182. The van der Waals surface area contributed by atoms with Crippen LogP contribution in [-0.4, -0.2) is 46.7 Å². The molecule has 1 aromatic heterocycles. The van der Waals surface area contributed by atoms with Gasteiger partial charge in [-0.15, -0.1) is 0 Å². The van der Waals surface area contributed by atoms with E-state index in [4.69, 9.17) is 4.74 Å². The molecule has 7 nitrogen and oxygen atoms in total. The van der Waals surface area contributed by atoms with E-state index in [1.807, 2.05) is 53.4 Å². The summed E-state index contributed by atoms with van der Waals surface area (Å²) in [6, 6.07) is 15.5. The number of para-hydroxylation sites is 1. The van der Waals surface area contributed by atoms with E-state index in [1.54, 1.807) is 7.11 Å². The summed E-state index contributed by atoms with van der Waals surface area (Å²) in [5.74, 6) is 1.60. The summed E-state index contributed by atoms with van der Waals surface area (Å²) in [7, 11) is 1.64. The Balaban J connectivity index is 1.57. The SMILES string of the molecule is COc1ccc(/C(CCC(=O)N2CCCC2)=N\Nc2ncnc3ccccc23)cc1. The van der Waals surface area contributed by atoms with Gasteiger partial charge in [0.25, 0.3) is 0 Å². The van der Waals surface area contributed by atoms with E-state index in [-0.39, 0.29) is 5.91 Å². The van der Waals surface area contributed by atoms with Crippen LogP contribution < -0.4 is 10.2 Å². The number of fused-ring (bicyclic) bond motifs is 1. The van der Waals surface area contributed by atoms with Crippen LogP contribution >= 0.6 is 0 Å². The van der Waals surface area contributed by atoms with Crippen molar-refractivity contribution >= 4 is 28.3 Å². The molecule has 0 radical (unpaired) electrons. The lowest BCUT2D eigenvalue weighted by molar-refractivity contribution is -0.129. The molecule has 1 amide bonds. The normalized spacial score (nSPS) is 14.2. The monoisotopic (exact) mass is 403 g/mol. The van der Waals surface area contributed by atoms with Crippen molar-refractivity contribution in [1.29, 1.82) is 0 Å². The summed E-state index contributed by atoms with van der Waals surface area (Å²) in [6.45, 7) is 1.72. The fourth-order valence-corrected chi connectivity index (χ4v) is 3.61.